The summed E-state index contributed by atoms with van der Waals surface area (Å²) in [4.78, 5) is 4.28. The number of nitrogens with one attached hydrogen (secondary N) is 1. The van der Waals surface area contributed by atoms with Crippen molar-refractivity contribution in [2.45, 2.75) is 44.4 Å². The van der Waals surface area contributed by atoms with Gasteiger partial charge in [-0.1, -0.05) is 0 Å². The van der Waals surface area contributed by atoms with E-state index in [1.54, 1.807) is 6.20 Å². The fraction of sp³-hybridized carbons (Fsp3) is 0.615. The fourth-order valence-electron chi connectivity index (χ4n) is 2.44. The van der Waals surface area contributed by atoms with E-state index in [1.165, 1.54) is 0 Å². The highest BCUT2D eigenvalue weighted by Gasteiger charge is 2.41. The number of nitrogens with zero attached hydrogens (tertiary/aromatic N) is 1. The predicted octanol–water partition coefficient (Wildman–Crippen LogP) is 4.82. The Morgan fingerprint density at radius 1 is 1.20 bits per heavy atom. The van der Waals surface area contributed by atoms with E-state index >= 15 is 0 Å². The molecule has 112 valence electrons. The van der Waals surface area contributed by atoms with Crippen molar-refractivity contribution >= 4 is 31.9 Å². The van der Waals surface area contributed by atoms with Gasteiger partial charge < -0.3 is 5.32 Å². The Balaban J connectivity index is 1.82. The van der Waals surface area contributed by atoms with Gasteiger partial charge in [0.1, 0.15) is 0 Å². The molecule has 0 aromatic carbocycles. The zero-order valence-electron chi connectivity index (χ0n) is 10.7. The zero-order chi connectivity index (χ0) is 14.8. The number of pyridine rings is 1. The van der Waals surface area contributed by atoms with Gasteiger partial charge >= 0.3 is 6.18 Å². The summed E-state index contributed by atoms with van der Waals surface area (Å²) in [6.07, 6.45) is -0.757. The minimum Gasteiger partial charge on any atom is -0.308 e. The molecule has 1 aliphatic rings. The van der Waals surface area contributed by atoms with Gasteiger partial charge in [0.25, 0.3) is 0 Å². The van der Waals surface area contributed by atoms with Gasteiger partial charge in [-0.2, -0.15) is 13.2 Å². The van der Waals surface area contributed by atoms with E-state index in [-0.39, 0.29) is 18.9 Å². The van der Waals surface area contributed by atoms with Crippen molar-refractivity contribution in [3.05, 3.63) is 26.9 Å². The molecule has 0 saturated heterocycles. The molecule has 0 bridgehead atoms. The Kier molecular flexibility index (Phi) is 5.48. The quantitative estimate of drug-likeness (QED) is 0.765. The van der Waals surface area contributed by atoms with Crippen molar-refractivity contribution in [3.8, 4) is 0 Å². The largest absolute Gasteiger partial charge is 0.391 e. The van der Waals surface area contributed by atoms with Crippen LogP contribution in [-0.4, -0.2) is 17.2 Å². The molecule has 0 amide bonds. The lowest BCUT2D eigenvalue weighted by molar-refractivity contribution is -0.182. The molecular formula is C13H15Br2F3N2. The van der Waals surface area contributed by atoms with Gasteiger partial charge in [-0.25, -0.2) is 0 Å². The summed E-state index contributed by atoms with van der Waals surface area (Å²) in [7, 11) is 0. The molecular weight excluding hydrogens is 401 g/mol. The van der Waals surface area contributed by atoms with Crippen LogP contribution in [0.15, 0.2) is 21.2 Å². The third kappa shape index (κ3) is 4.43. The van der Waals surface area contributed by atoms with Crippen LogP contribution in [0.4, 0.5) is 13.2 Å². The van der Waals surface area contributed by atoms with E-state index in [0.717, 1.165) is 14.6 Å². The topological polar surface area (TPSA) is 24.9 Å². The Labute approximate surface area is 132 Å². The summed E-state index contributed by atoms with van der Waals surface area (Å²) in [5.74, 6) is -1.13. The summed E-state index contributed by atoms with van der Waals surface area (Å²) in [5.41, 5.74) is 0.867. The van der Waals surface area contributed by atoms with Crippen LogP contribution in [0.25, 0.3) is 0 Å². The summed E-state index contributed by atoms with van der Waals surface area (Å²) >= 11 is 6.76. The maximum atomic E-state index is 12.6. The van der Waals surface area contributed by atoms with E-state index in [4.69, 9.17) is 0 Å². The number of rotatable bonds is 3. The van der Waals surface area contributed by atoms with Gasteiger partial charge in [-0.05, 0) is 63.6 Å². The molecule has 2 rings (SSSR count). The second-order valence-corrected chi connectivity index (χ2v) is 6.82. The average Bonchev–Trinajstić information content (AvgIpc) is 2.37. The van der Waals surface area contributed by atoms with E-state index in [1.807, 2.05) is 6.07 Å². The van der Waals surface area contributed by atoms with Gasteiger partial charge in [0.05, 0.1) is 11.6 Å². The van der Waals surface area contributed by atoms with Gasteiger partial charge in [0.15, 0.2) is 0 Å². The van der Waals surface area contributed by atoms with Gasteiger partial charge in [0.2, 0.25) is 0 Å². The fourth-order valence-corrected chi connectivity index (χ4v) is 3.57. The molecule has 7 heteroatoms. The van der Waals surface area contributed by atoms with Gasteiger partial charge in [0, 0.05) is 27.7 Å². The van der Waals surface area contributed by atoms with Crippen LogP contribution in [0.5, 0.6) is 0 Å². The number of alkyl halides is 3. The van der Waals surface area contributed by atoms with Crippen LogP contribution in [0.2, 0.25) is 0 Å². The highest BCUT2D eigenvalue weighted by molar-refractivity contribution is 9.11. The monoisotopic (exact) mass is 414 g/mol. The molecule has 20 heavy (non-hydrogen) atoms. The van der Waals surface area contributed by atoms with Crippen LogP contribution in [0.1, 0.15) is 31.4 Å². The molecule has 1 N–H and O–H groups in total. The first-order chi connectivity index (χ1) is 9.36. The van der Waals surface area contributed by atoms with Crippen LogP contribution < -0.4 is 5.32 Å². The smallest absolute Gasteiger partial charge is 0.308 e. The highest BCUT2D eigenvalue weighted by Crippen LogP contribution is 2.37. The van der Waals surface area contributed by atoms with Crippen molar-refractivity contribution < 1.29 is 13.2 Å². The molecule has 1 fully saturated rings. The van der Waals surface area contributed by atoms with E-state index in [2.05, 4.69) is 42.2 Å². The number of aromatic nitrogens is 1. The molecule has 1 heterocycles. The summed E-state index contributed by atoms with van der Waals surface area (Å²) < 4.78 is 39.5. The molecule has 0 aliphatic heterocycles. The molecule has 2 nitrogen and oxygen atoms in total. The van der Waals surface area contributed by atoms with E-state index in [0.29, 0.717) is 19.4 Å². The minimum absolute atomic E-state index is 0.144. The Bertz CT molecular complexity index is 457. The summed E-state index contributed by atoms with van der Waals surface area (Å²) in [5, 5.41) is 3.30. The summed E-state index contributed by atoms with van der Waals surface area (Å²) in [6.45, 7) is 0.565. The number of halogens is 5. The Morgan fingerprint density at radius 2 is 1.85 bits per heavy atom. The van der Waals surface area contributed by atoms with E-state index < -0.39 is 12.1 Å². The van der Waals surface area contributed by atoms with Crippen LogP contribution in [0.3, 0.4) is 0 Å². The zero-order valence-corrected chi connectivity index (χ0v) is 13.9. The van der Waals surface area contributed by atoms with Crippen LogP contribution in [0, 0.1) is 5.92 Å². The first-order valence-electron chi connectivity index (χ1n) is 6.46. The lowest BCUT2D eigenvalue weighted by Gasteiger charge is -2.30. The molecule has 0 spiro atoms. The normalized spacial score (nSPS) is 23.9. The Hall–Kier alpha value is -0.140. The van der Waals surface area contributed by atoms with Crippen LogP contribution >= 0.6 is 31.9 Å². The molecule has 1 aromatic rings. The summed E-state index contributed by atoms with van der Waals surface area (Å²) in [6, 6.07) is 2.05. The standard InChI is InChI=1S/C13H15Br2F3N2/c14-9-5-11(15)12(20-6-9)7-19-10-3-1-8(2-4-10)13(16,17)18/h5-6,8,10,19H,1-4,7H2. The van der Waals surface area contributed by atoms with E-state index in [9.17, 15) is 13.2 Å². The number of hydrogen-bond donors (Lipinski definition) is 1. The molecule has 0 unspecified atom stereocenters. The molecule has 1 aromatic heterocycles. The van der Waals surface area contributed by atoms with Crippen molar-refractivity contribution in [1.82, 2.24) is 10.3 Å². The second kappa shape index (κ2) is 6.75. The van der Waals surface area contributed by atoms with Crippen molar-refractivity contribution in [1.29, 1.82) is 0 Å². The SMILES string of the molecule is FC(F)(F)C1CCC(NCc2ncc(Br)cc2Br)CC1. The van der Waals surface area contributed by atoms with Gasteiger partial charge in [-0.3, -0.25) is 4.98 Å². The molecule has 0 radical (unpaired) electrons. The first kappa shape index (κ1) is 16.2. The lowest BCUT2D eigenvalue weighted by atomic mass is 9.85. The van der Waals surface area contributed by atoms with Crippen molar-refractivity contribution in [3.63, 3.8) is 0 Å². The van der Waals surface area contributed by atoms with Crippen molar-refractivity contribution in [2.75, 3.05) is 0 Å². The predicted molar refractivity (Wildman–Crippen MR) is 78.3 cm³/mol. The molecule has 0 atom stereocenters. The maximum absolute atomic E-state index is 12.6. The molecule has 1 saturated carbocycles. The second-order valence-electron chi connectivity index (χ2n) is 5.05. The highest BCUT2D eigenvalue weighted by atomic mass is 79.9. The lowest BCUT2D eigenvalue weighted by Crippen LogP contribution is -2.36. The third-order valence-corrected chi connectivity index (χ3v) is 4.75. The van der Waals surface area contributed by atoms with Gasteiger partial charge in [-0.15, -0.1) is 0 Å². The molecule has 1 aliphatic carbocycles. The maximum Gasteiger partial charge on any atom is 0.391 e. The first-order valence-corrected chi connectivity index (χ1v) is 8.05. The minimum atomic E-state index is -4.04. The third-order valence-electron chi connectivity index (χ3n) is 3.63. The average molecular weight is 416 g/mol. The Morgan fingerprint density at radius 3 is 2.40 bits per heavy atom. The van der Waals surface area contributed by atoms with Crippen molar-refractivity contribution in [2.24, 2.45) is 5.92 Å². The number of hydrogen-bond acceptors (Lipinski definition) is 2. The van der Waals surface area contributed by atoms with Crippen LogP contribution in [-0.2, 0) is 6.54 Å².